The fourth-order valence-electron chi connectivity index (χ4n) is 3.07. The summed E-state index contributed by atoms with van der Waals surface area (Å²) >= 11 is 0. The molecule has 7 heteroatoms. The van der Waals surface area contributed by atoms with Crippen LogP contribution >= 0.6 is 24.0 Å². The lowest BCUT2D eigenvalue weighted by Gasteiger charge is -2.32. The van der Waals surface area contributed by atoms with Crippen LogP contribution in [0.2, 0.25) is 0 Å². The molecule has 0 amide bonds. The Morgan fingerprint density at radius 3 is 2.48 bits per heavy atom. The molecule has 0 aromatic heterocycles. The number of rotatable bonds is 9. The third-order valence-corrected chi connectivity index (χ3v) is 4.78. The van der Waals surface area contributed by atoms with Gasteiger partial charge >= 0.3 is 0 Å². The zero-order valence-corrected chi connectivity index (χ0v) is 19.2. The number of hydrogen-bond acceptors (Lipinski definition) is 4. The first-order valence-electron chi connectivity index (χ1n) is 9.56. The van der Waals surface area contributed by atoms with Crippen LogP contribution in [0, 0.1) is 12.8 Å². The molecule has 1 fully saturated rings. The summed E-state index contributed by atoms with van der Waals surface area (Å²) in [6.07, 6.45) is 2.45. The van der Waals surface area contributed by atoms with Gasteiger partial charge in [-0.05, 0) is 50.9 Å². The molecule has 0 atom stereocenters. The fraction of sp³-hybridized carbons (Fsp3) is 0.650. The van der Waals surface area contributed by atoms with E-state index >= 15 is 0 Å². The highest BCUT2D eigenvalue weighted by molar-refractivity contribution is 14.0. The van der Waals surface area contributed by atoms with Crippen LogP contribution in [0.1, 0.15) is 18.4 Å². The van der Waals surface area contributed by atoms with E-state index in [1.165, 1.54) is 18.4 Å². The highest BCUT2D eigenvalue weighted by atomic mass is 127. The van der Waals surface area contributed by atoms with Crippen LogP contribution in [0.3, 0.4) is 0 Å². The van der Waals surface area contributed by atoms with Crippen LogP contribution in [0.5, 0.6) is 5.75 Å². The van der Waals surface area contributed by atoms with Crippen molar-refractivity contribution in [1.29, 1.82) is 0 Å². The van der Waals surface area contributed by atoms with E-state index in [2.05, 4.69) is 39.6 Å². The molecule has 2 N–H and O–H groups in total. The molecule has 1 aromatic carbocycles. The highest BCUT2D eigenvalue weighted by Crippen LogP contribution is 2.16. The van der Waals surface area contributed by atoms with E-state index in [0.717, 1.165) is 51.0 Å². The number of nitrogens with one attached hydrogen (secondary N) is 2. The SMILES string of the molecule is CN=C(NCCOc1ccc(C)cc1)NCC1CCN(CCOC)CC1.I. The number of hydrogen-bond donors (Lipinski definition) is 2. The van der Waals surface area contributed by atoms with Gasteiger partial charge in [0.1, 0.15) is 12.4 Å². The van der Waals surface area contributed by atoms with Gasteiger partial charge in [0.05, 0.1) is 13.2 Å². The Hall–Kier alpha value is -1.06. The molecule has 0 spiro atoms. The maximum atomic E-state index is 5.73. The predicted octanol–water partition coefficient (Wildman–Crippen LogP) is 2.52. The molecule has 1 aromatic rings. The van der Waals surface area contributed by atoms with Gasteiger partial charge in [0.25, 0.3) is 0 Å². The minimum atomic E-state index is 0. The standard InChI is InChI=1S/C20H34N4O2.HI/c1-17-4-6-19(7-5-17)26-14-10-22-20(21-2)23-16-18-8-11-24(12-9-18)13-15-25-3;/h4-7,18H,8-16H2,1-3H3,(H2,21,22,23);1H. The molecule has 27 heavy (non-hydrogen) atoms. The summed E-state index contributed by atoms with van der Waals surface area (Å²) in [7, 11) is 3.57. The summed E-state index contributed by atoms with van der Waals surface area (Å²) in [5, 5.41) is 6.76. The van der Waals surface area contributed by atoms with E-state index < -0.39 is 0 Å². The number of benzene rings is 1. The van der Waals surface area contributed by atoms with Gasteiger partial charge in [-0.25, -0.2) is 0 Å². The third-order valence-electron chi connectivity index (χ3n) is 4.78. The van der Waals surface area contributed by atoms with Crippen LogP contribution in [0.25, 0.3) is 0 Å². The van der Waals surface area contributed by atoms with Crippen molar-refractivity contribution in [3.63, 3.8) is 0 Å². The Balaban J connectivity index is 0.00000364. The molecule has 1 aliphatic rings. The second-order valence-corrected chi connectivity index (χ2v) is 6.82. The summed E-state index contributed by atoms with van der Waals surface area (Å²) in [5.74, 6) is 2.45. The molecular formula is C20H35IN4O2. The smallest absolute Gasteiger partial charge is 0.191 e. The van der Waals surface area contributed by atoms with Gasteiger partial charge in [-0.1, -0.05) is 17.7 Å². The van der Waals surface area contributed by atoms with Gasteiger partial charge in [0.2, 0.25) is 0 Å². The molecule has 0 unspecified atom stereocenters. The Morgan fingerprint density at radius 2 is 1.85 bits per heavy atom. The molecule has 0 saturated carbocycles. The molecule has 1 saturated heterocycles. The zero-order valence-electron chi connectivity index (χ0n) is 16.9. The molecule has 2 rings (SSSR count). The Morgan fingerprint density at radius 1 is 1.15 bits per heavy atom. The number of aliphatic imine (C=N–C) groups is 1. The highest BCUT2D eigenvalue weighted by Gasteiger charge is 2.18. The van der Waals surface area contributed by atoms with Crippen LogP contribution in [-0.2, 0) is 4.74 Å². The van der Waals surface area contributed by atoms with Gasteiger partial charge in [0, 0.05) is 27.2 Å². The van der Waals surface area contributed by atoms with E-state index in [9.17, 15) is 0 Å². The normalized spacial score (nSPS) is 15.9. The van der Waals surface area contributed by atoms with Gasteiger partial charge < -0.3 is 25.0 Å². The molecule has 0 aliphatic carbocycles. The van der Waals surface area contributed by atoms with E-state index in [-0.39, 0.29) is 24.0 Å². The lowest BCUT2D eigenvalue weighted by molar-refractivity contribution is 0.121. The topological polar surface area (TPSA) is 58.1 Å². The fourth-order valence-corrected chi connectivity index (χ4v) is 3.07. The number of halogens is 1. The molecule has 1 heterocycles. The number of guanidine groups is 1. The average Bonchev–Trinajstić information content (AvgIpc) is 2.68. The van der Waals surface area contributed by atoms with Crippen LogP contribution < -0.4 is 15.4 Å². The maximum absolute atomic E-state index is 5.73. The largest absolute Gasteiger partial charge is 0.492 e. The van der Waals surface area contributed by atoms with E-state index in [1.54, 1.807) is 7.11 Å². The van der Waals surface area contributed by atoms with Crippen molar-refractivity contribution in [1.82, 2.24) is 15.5 Å². The summed E-state index contributed by atoms with van der Waals surface area (Å²) in [6.45, 7) is 8.56. The lowest BCUT2D eigenvalue weighted by atomic mass is 9.97. The maximum Gasteiger partial charge on any atom is 0.191 e. The number of methoxy groups -OCH3 is 1. The number of aryl methyl sites for hydroxylation is 1. The number of likely N-dealkylation sites (tertiary alicyclic amines) is 1. The van der Waals surface area contributed by atoms with E-state index in [1.807, 2.05) is 19.2 Å². The first-order chi connectivity index (χ1) is 12.7. The number of nitrogens with zero attached hydrogens (tertiary/aromatic N) is 2. The van der Waals surface area contributed by atoms with Crippen molar-refractivity contribution in [3.8, 4) is 5.75 Å². The zero-order chi connectivity index (χ0) is 18.6. The second kappa shape index (κ2) is 14.0. The molecule has 1 aliphatic heterocycles. The summed E-state index contributed by atoms with van der Waals surface area (Å²) < 4.78 is 10.9. The first-order valence-corrected chi connectivity index (χ1v) is 9.56. The van der Waals surface area contributed by atoms with Gasteiger partial charge in [-0.15, -0.1) is 24.0 Å². The Labute approximate surface area is 181 Å². The first kappa shape index (κ1) is 24.0. The molecule has 0 radical (unpaired) electrons. The Bertz CT molecular complexity index is 531. The van der Waals surface area contributed by atoms with E-state index in [4.69, 9.17) is 9.47 Å². The van der Waals surface area contributed by atoms with Crippen LogP contribution in [0.4, 0.5) is 0 Å². The van der Waals surface area contributed by atoms with Crippen molar-refractivity contribution < 1.29 is 9.47 Å². The lowest BCUT2D eigenvalue weighted by Crippen LogP contribution is -2.44. The third kappa shape index (κ3) is 9.62. The van der Waals surface area contributed by atoms with E-state index in [0.29, 0.717) is 12.5 Å². The molecule has 154 valence electrons. The van der Waals surface area contributed by atoms with Crippen molar-refractivity contribution in [3.05, 3.63) is 29.8 Å². The Kier molecular flexibility index (Phi) is 12.4. The summed E-state index contributed by atoms with van der Waals surface area (Å²) in [5.41, 5.74) is 1.24. The second-order valence-electron chi connectivity index (χ2n) is 6.82. The quantitative estimate of drug-likeness (QED) is 0.241. The van der Waals surface area contributed by atoms with Gasteiger partial charge in [0.15, 0.2) is 5.96 Å². The average molecular weight is 490 g/mol. The van der Waals surface area contributed by atoms with Crippen molar-refractivity contribution >= 4 is 29.9 Å². The number of ether oxygens (including phenoxy) is 2. The van der Waals surface area contributed by atoms with Gasteiger partial charge in [-0.3, -0.25) is 4.99 Å². The van der Waals surface area contributed by atoms with Crippen molar-refractivity contribution in [2.45, 2.75) is 19.8 Å². The van der Waals surface area contributed by atoms with Crippen LogP contribution in [-0.4, -0.2) is 71.0 Å². The monoisotopic (exact) mass is 490 g/mol. The van der Waals surface area contributed by atoms with Gasteiger partial charge in [-0.2, -0.15) is 0 Å². The van der Waals surface area contributed by atoms with Crippen molar-refractivity contribution in [2.75, 3.05) is 60.1 Å². The molecular weight excluding hydrogens is 455 g/mol. The van der Waals surface area contributed by atoms with Crippen molar-refractivity contribution in [2.24, 2.45) is 10.9 Å². The number of piperidine rings is 1. The minimum Gasteiger partial charge on any atom is -0.492 e. The molecule has 6 nitrogen and oxygen atoms in total. The summed E-state index contributed by atoms with van der Waals surface area (Å²) in [6, 6.07) is 8.12. The minimum absolute atomic E-state index is 0. The molecule has 0 bridgehead atoms. The predicted molar refractivity (Wildman–Crippen MR) is 122 cm³/mol. The van der Waals surface area contributed by atoms with Crippen LogP contribution in [0.15, 0.2) is 29.3 Å². The summed E-state index contributed by atoms with van der Waals surface area (Å²) in [4.78, 5) is 6.78.